The zero-order valence-corrected chi connectivity index (χ0v) is 12.7. The molecule has 3 nitrogen and oxygen atoms in total. The molecule has 0 aromatic heterocycles. The maximum Gasteiger partial charge on any atom is 0.230 e. The second-order valence-corrected chi connectivity index (χ2v) is 7.33. The highest BCUT2D eigenvalue weighted by atomic mass is 32.2. The Hall–Kier alpha value is -1.07. The molecule has 0 radical (unpaired) electrons. The molecule has 1 amide bonds. The lowest BCUT2D eigenvalue weighted by atomic mass is 9.93. The Morgan fingerprint density at radius 3 is 2.38 bits per heavy atom. The van der Waals surface area contributed by atoms with Gasteiger partial charge in [0, 0.05) is 6.54 Å². The molecule has 1 aromatic carbocycles. The number of thioether (sulfide) groups is 1. The van der Waals surface area contributed by atoms with Gasteiger partial charge in [-0.3, -0.25) is 4.79 Å². The van der Waals surface area contributed by atoms with Crippen molar-refractivity contribution in [2.45, 2.75) is 36.7 Å². The van der Waals surface area contributed by atoms with E-state index in [2.05, 4.69) is 5.32 Å². The quantitative estimate of drug-likeness (QED) is 0.897. The lowest BCUT2D eigenvalue weighted by molar-refractivity contribution is -0.125. The van der Waals surface area contributed by atoms with Crippen LogP contribution in [0.3, 0.4) is 0 Å². The van der Waals surface area contributed by atoms with E-state index in [-0.39, 0.29) is 11.7 Å². The van der Waals surface area contributed by atoms with E-state index in [1.54, 1.807) is 12.1 Å². The average Bonchev–Trinajstić information content (AvgIpc) is 3.28. The summed E-state index contributed by atoms with van der Waals surface area (Å²) in [5.74, 6) is 1.55. The van der Waals surface area contributed by atoms with Crippen LogP contribution in [-0.2, 0) is 10.2 Å². The molecule has 1 saturated carbocycles. The summed E-state index contributed by atoms with van der Waals surface area (Å²) >= 11 is 1.84. The van der Waals surface area contributed by atoms with Crippen LogP contribution in [0.4, 0.5) is 4.39 Å². The molecule has 1 saturated heterocycles. The number of carbonyl (C=O) groups excluding carboxylic acids is 1. The summed E-state index contributed by atoms with van der Waals surface area (Å²) in [5.41, 5.74) is -0.402. The smallest absolute Gasteiger partial charge is 0.230 e. The molecule has 0 unspecified atom stereocenters. The molecule has 2 aliphatic rings. The molecule has 0 atom stereocenters. The minimum atomic E-state index is -0.764. The fourth-order valence-electron chi connectivity index (χ4n) is 2.88. The van der Waals surface area contributed by atoms with E-state index >= 15 is 0 Å². The van der Waals surface area contributed by atoms with Crippen LogP contribution in [0.1, 0.15) is 31.2 Å². The highest BCUT2D eigenvalue weighted by Gasteiger charge is 2.51. The summed E-state index contributed by atoms with van der Waals surface area (Å²) in [6, 6.07) is 6.17. The third-order valence-electron chi connectivity index (χ3n) is 4.58. The van der Waals surface area contributed by atoms with Crippen molar-refractivity contribution in [1.29, 1.82) is 0 Å². The molecule has 1 aliphatic carbocycles. The minimum absolute atomic E-state index is 0.0410. The van der Waals surface area contributed by atoms with Gasteiger partial charge in [0.2, 0.25) is 5.91 Å². The molecule has 21 heavy (non-hydrogen) atoms. The zero-order valence-electron chi connectivity index (χ0n) is 11.9. The SMILES string of the molecule is O=C(NCC1(O)CCSCC1)C1(c2ccc(F)cc2)CC1. The number of rotatable bonds is 4. The van der Waals surface area contributed by atoms with Gasteiger partial charge in [0.25, 0.3) is 0 Å². The van der Waals surface area contributed by atoms with Crippen LogP contribution in [0.2, 0.25) is 0 Å². The first-order valence-electron chi connectivity index (χ1n) is 7.39. The molecule has 5 heteroatoms. The average molecular weight is 309 g/mol. The van der Waals surface area contributed by atoms with E-state index in [1.165, 1.54) is 12.1 Å². The van der Waals surface area contributed by atoms with Gasteiger partial charge in [0.1, 0.15) is 5.82 Å². The monoisotopic (exact) mass is 309 g/mol. The van der Waals surface area contributed by atoms with Crippen molar-refractivity contribution in [2.24, 2.45) is 0 Å². The van der Waals surface area contributed by atoms with Crippen LogP contribution >= 0.6 is 11.8 Å². The molecule has 1 heterocycles. The predicted octanol–water partition coefficient (Wildman–Crippen LogP) is 2.23. The first-order chi connectivity index (χ1) is 10.0. The first kappa shape index (κ1) is 14.9. The highest BCUT2D eigenvalue weighted by molar-refractivity contribution is 7.99. The lowest BCUT2D eigenvalue weighted by Crippen LogP contribution is -2.47. The van der Waals surface area contributed by atoms with E-state index < -0.39 is 11.0 Å². The van der Waals surface area contributed by atoms with Gasteiger partial charge >= 0.3 is 0 Å². The van der Waals surface area contributed by atoms with Gasteiger partial charge in [0.05, 0.1) is 11.0 Å². The van der Waals surface area contributed by atoms with Crippen molar-refractivity contribution in [3.8, 4) is 0 Å². The van der Waals surface area contributed by atoms with Crippen LogP contribution in [0.5, 0.6) is 0 Å². The standard InChI is InChI=1S/C16H20FNO2S/c17-13-3-1-12(2-4-13)16(5-6-16)14(19)18-11-15(20)7-9-21-10-8-15/h1-4,20H,5-11H2,(H,18,19). The van der Waals surface area contributed by atoms with Crippen molar-refractivity contribution in [3.63, 3.8) is 0 Å². The largest absolute Gasteiger partial charge is 0.388 e. The van der Waals surface area contributed by atoms with Gasteiger partial charge in [-0.05, 0) is 54.9 Å². The molecule has 114 valence electrons. The number of nitrogens with one attached hydrogen (secondary N) is 1. The van der Waals surface area contributed by atoms with Gasteiger partial charge < -0.3 is 10.4 Å². The van der Waals surface area contributed by atoms with Gasteiger partial charge in [0.15, 0.2) is 0 Å². The Balaban J connectivity index is 1.63. The maximum absolute atomic E-state index is 13.0. The Bertz CT molecular complexity index is 522. The Morgan fingerprint density at radius 1 is 1.19 bits per heavy atom. The summed E-state index contributed by atoms with van der Waals surface area (Å²) in [6.07, 6.45) is 3.03. The van der Waals surface area contributed by atoms with E-state index in [9.17, 15) is 14.3 Å². The van der Waals surface area contributed by atoms with E-state index in [0.717, 1.165) is 42.8 Å². The van der Waals surface area contributed by atoms with Gasteiger partial charge in [-0.1, -0.05) is 12.1 Å². The summed E-state index contributed by atoms with van der Waals surface area (Å²) in [7, 11) is 0. The van der Waals surface area contributed by atoms with Gasteiger partial charge in [-0.15, -0.1) is 0 Å². The minimum Gasteiger partial charge on any atom is -0.388 e. The van der Waals surface area contributed by atoms with E-state index in [4.69, 9.17) is 0 Å². The molecule has 2 fully saturated rings. The zero-order chi connectivity index (χ0) is 14.9. The van der Waals surface area contributed by atoms with Crippen LogP contribution in [-0.4, -0.2) is 34.7 Å². The Labute approximate surface area is 128 Å². The van der Waals surface area contributed by atoms with Crippen LogP contribution in [0, 0.1) is 5.82 Å². The second-order valence-electron chi connectivity index (χ2n) is 6.11. The third-order valence-corrected chi connectivity index (χ3v) is 5.57. The number of hydrogen-bond donors (Lipinski definition) is 2. The molecule has 1 aromatic rings. The van der Waals surface area contributed by atoms with E-state index in [0.29, 0.717) is 6.54 Å². The summed E-state index contributed by atoms with van der Waals surface area (Å²) in [6.45, 7) is 0.315. The lowest BCUT2D eigenvalue weighted by Gasteiger charge is -2.32. The van der Waals surface area contributed by atoms with Crippen molar-refractivity contribution in [1.82, 2.24) is 5.32 Å². The summed E-state index contributed by atoms with van der Waals surface area (Å²) in [5, 5.41) is 13.4. The number of halogens is 1. The molecular weight excluding hydrogens is 289 g/mol. The number of aliphatic hydroxyl groups is 1. The van der Waals surface area contributed by atoms with Gasteiger partial charge in [-0.25, -0.2) is 4.39 Å². The maximum atomic E-state index is 13.0. The molecule has 0 spiro atoms. The van der Waals surface area contributed by atoms with Crippen molar-refractivity contribution in [2.75, 3.05) is 18.1 Å². The number of amides is 1. The van der Waals surface area contributed by atoms with E-state index in [1.807, 2.05) is 11.8 Å². The third kappa shape index (κ3) is 3.09. The van der Waals surface area contributed by atoms with Crippen molar-refractivity contribution in [3.05, 3.63) is 35.6 Å². The van der Waals surface area contributed by atoms with Crippen molar-refractivity contribution >= 4 is 17.7 Å². The predicted molar refractivity (Wildman–Crippen MR) is 81.8 cm³/mol. The molecular formula is C16H20FNO2S. The molecule has 3 rings (SSSR count). The van der Waals surface area contributed by atoms with Crippen LogP contribution < -0.4 is 5.32 Å². The Morgan fingerprint density at radius 2 is 1.81 bits per heavy atom. The first-order valence-corrected chi connectivity index (χ1v) is 8.54. The normalized spacial score (nSPS) is 22.6. The molecule has 1 aliphatic heterocycles. The molecule has 2 N–H and O–H groups in total. The fourth-order valence-corrected chi connectivity index (χ4v) is 4.14. The fraction of sp³-hybridized carbons (Fsp3) is 0.562. The van der Waals surface area contributed by atoms with Crippen LogP contribution in [0.25, 0.3) is 0 Å². The Kier molecular flexibility index (Phi) is 3.97. The van der Waals surface area contributed by atoms with Crippen molar-refractivity contribution < 1.29 is 14.3 Å². The number of benzene rings is 1. The summed E-state index contributed by atoms with van der Waals surface area (Å²) in [4.78, 5) is 12.5. The number of hydrogen-bond acceptors (Lipinski definition) is 3. The summed E-state index contributed by atoms with van der Waals surface area (Å²) < 4.78 is 13.0. The molecule has 0 bridgehead atoms. The van der Waals surface area contributed by atoms with Crippen LogP contribution in [0.15, 0.2) is 24.3 Å². The van der Waals surface area contributed by atoms with Gasteiger partial charge in [-0.2, -0.15) is 11.8 Å². The topological polar surface area (TPSA) is 49.3 Å². The second kappa shape index (κ2) is 5.61. The highest BCUT2D eigenvalue weighted by Crippen LogP contribution is 2.48. The number of carbonyl (C=O) groups is 1.